The summed E-state index contributed by atoms with van der Waals surface area (Å²) in [5.74, 6) is -0.174. The van der Waals surface area contributed by atoms with Gasteiger partial charge in [0, 0.05) is 11.1 Å². The Bertz CT molecular complexity index is 629. The third-order valence-corrected chi connectivity index (χ3v) is 4.27. The minimum atomic E-state index is -3.33. The highest BCUT2D eigenvalue weighted by Gasteiger charge is 2.37. The zero-order valence-electron chi connectivity index (χ0n) is 12.9. The van der Waals surface area contributed by atoms with Gasteiger partial charge in [0.1, 0.15) is 9.92 Å². The van der Waals surface area contributed by atoms with Crippen LogP contribution in [0.3, 0.4) is 0 Å². The second-order valence-corrected chi connectivity index (χ2v) is 10.7. The number of benzene rings is 1. The molecule has 0 bridgehead atoms. The van der Waals surface area contributed by atoms with Crippen molar-refractivity contribution in [3.63, 3.8) is 0 Å². The summed E-state index contributed by atoms with van der Waals surface area (Å²) in [6, 6.07) is 6.20. The summed E-state index contributed by atoms with van der Waals surface area (Å²) < 4.78 is 18.7. The van der Waals surface area contributed by atoms with Crippen molar-refractivity contribution in [3.8, 4) is 0 Å². The zero-order chi connectivity index (χ0) is 16.6. The average Bonchev–Trinajstić information content (AvgIpc) is 2.24. The van der Waals surface area contributed by atoms with Crippen LogP contribution in [0.15, 0.2) is 29.2 Å². The Hall–Kier alpha value is -0.670. The van der Waals surface area contributed by atoms with Crippen molar-refractivity contribution >= 4 is 38.4 Å². The number of alkyl halides is 1. The van der Waals surface area contributed by atoms with E-state index in [9.17, 15) is 9.00 Å². The summed E-state index contributed by atoms with van der Waals surface area (Å²) in [7, 11) is -3.33. The smallest absolute Gasteiger partial charge is 0.255 e. The van der Waals surface area contributed by atoms with Crippen LogP contribution in [0, 0.1) is 4.78 Å². The Morgan fingerprint density at radius 3 is 2.19 bits per heavy atom. The van der Waals surface area contributed by atoms with Crippen LogP contribution in [0.5, 0.6) is 0 Å². The monoisotopic (exact) mass is 423 g/mol. The quantitative estimate of drug-likeness (QED) is 0.444. The lowest BCUT2D eigenvalue weighted by Gasteiger charge is -2.44. The lowest BCUT2D eigenvalue weighted by Crippen LogP contribution is -2.54. The first-order chi connectivity index (χ1) is 9.24. The SMILES string of the molecule is CC(C)(C)N(C(=O)c1cccc(S(=N)(N)=O)c1)C(C)(C)I. The molecule has 0 aromatic heterocycles. The third-order valence-electron chi connectivity index (χ3n) is 2.84. The lowest BCUT2D eigenvalue weighted by atomic mass is 10.0. The van der Waals surface area contributed by atoms with E-state index in [2.05, 4.69) is 22.6 Å². The minimum absolute atomic E-state index is 0.161. The molecular weight excluding hydrogens is 401 g/mol. The van der Waals surface area contributed by atoms with Gasteiger partial charge in [0.25, 0.3) is 5.91 Å². The largest absolute Gasteiger partial charge is 0.320 e. The van der Waals surface area contributed by atoms with E-state index in [0.29, 0.717) is 5.56 Å². The lowest BCUT2D eigenvalue weighted by molar-refractivity contribution is 0.0462. The summed E-state index contributed by atoms with van der Waals surface area (Å²) in [5, 5.41) is 5.34. The normalized spacial score (nSPS) is 15.4. The second kappa shape index (κ2) is 5.85. The molecule has 7 heteroatoms. The number of hydrogen-bond donors (Lipinski definition) is 2. The zero-order valence-corrected chi connectivity index (χ0v) is 15.9. The molecule has 0 aliphatic carbocycles. The molecule has 1 amide bonds. The van der Waals surface area contributed by atoms with Gasteiger partial charge in [-0.2, -0.15) is 0 Å². The van der Waals surface area contributed by atoms with Gasteiger partial charge in [-0.1, -0.05) is 28.7 Å². The summed E-state index contributed by atoms with van der Waals surface area (Å²) in [6.07, 6.45) is 0. The molecule has 0 fully saturated rings. The molecule has 1 aromatic carbocycles. The Morgan fingerprint density at radius 1 is 1.29 bits per heavy atom. The van der Waals surface area contributed by atoms with E-state index in [0.717, 1.165) is 0 Å². The van der Waals surface area contributed by atoms with E-state index in [1.165, 1.54) is 12.1 Å². The highest BCUT2D eigenvalue weighted by Crippen LogP contribution is 2.32. The van der Waals surface area contributed by atoms with Crippen molar-refractivity contribution in [2.45, 2.75) is 48.6 Å². The summed E-state index contributed by atoms with van der Waals surface area (Å²) in [5.41, 5.74) is 0.0145. The predicted molar refractivity (Wildman–Crippen MR) is 93.8 cm³/mol. The number of nitrogens with zero attached hydrogens (tertiary/aromatic N) is 1. The molecule has 3 N–H and O–H groups in total. The molecular formula is C14H22IN3O2S. The fraction of sp³-hybridized carbons (Fsp3) is 0.500. The van der Waals surface area contributed by atoms with E-state index in [-0.39, 0.29) is 16.3 Å². The molecule has 5 nitrogen and oxygen atoms in total. The molecule has 118 valence electrons. The number of halogens is 1. The summed E-state index contributed by atoms with van der Waals surface area (Å²) in [4.78, 5) is 14.8. The van der Waals surface area contributed by atoms with Crippen molar-refractivity contribution in [3.05, 3.63) is 29.8 Å². The number of carbonyl (C=O) groups excluding carboxylic acids is 1. The maximum absolute atomic E-state index is 12.8. The number of amides is 1. The number of carbonyl (C=O) groups is 1. The molecule has 0 heterocycles. The van der Waals surface area contributed by atoms with Crippen LogP contribution >= 0.6 is 22.6 Å². The molecule has 0 spiro atoms. The molecule has 0 saturated heterocycles. The molecule has 1 atom stereocenters. The van der Waals surface area contributed by atoms with E-state index in [1.807, 2.05) is 34.6 Å². The number of nitrogens with one attached hydrogen (secondary N) is 1. The van der Waals surface area contributed by atoms with Crippen molar-refractivity contribution in [1.29, 1.82) is 4.78 Å². The number of rotatable bonds is 3. The molecule has 0 aliphatic heterocycles. The van der Waals surface area contributed by atoms with Gasteiger partial charge >= 0.3 is 0 Å². The first kappa shape index (κ1) is 18.4. The van der Waals surface area contributed by atoms with E-state index < -0.39 is 13.5 Å². The van der Waals surface area contributed by atoms with Crippen LogP contribution in [-0.2, 0) is 9.92 Å². The minimum Gasteiger partial charge on any atom is -0.320 e. The Morgan fingerprint density at radius 2 is 1.81 bits per heavy atom. The van der Waals surface area contributed by atoms with Crippen LogP contribution < -0.4 is 5.14 Å². The first-order valence-corrected chi connectivity index (χ1v) is 9.15. The molecule has 1 unspecified atom stereocenters. The molecule has 1 aromatic rings. The van der Waals surface area contributed by atoms with Gasteiger partial charge in [-0.3, -0.25) is 4.79 Å². The second-order valence-electron chi connectivity index (χ2n) is 6.35. The fourth-order valence-electron chi connectivity index (χ4n) is 2.29. The maximum atomic E-state index is 12.8. The van der Waals surface area contributed by atoms with Crippen molar-refractivity contribution in [2.24, 2.45) is 5.14 Å². The van der Waals surface area contributed by atoms with Crippen molar-refractivity contribution < 1.29 is 9.00 Å². The molecule has 1 rings (SSSR count). The highest BCUT2D eigenvalue weighted by molar-refractivity contribution is 14.1. The van der Waals surface area contributed by atoms with Gasteiger partial charge in [-0.05, 0) is 52.8 Å². The van der Waals surface area contributed by atoms with Crippen molar-refractivity contribution in [2.75, 3.05) is 0 Å². The Kier molecular flexibility index (Phi) is 5.12. The fourth-order valence-corrected chi connectivity index (χ4v) is 3.82. The topological polar surface area (TPSA) is 87.2 Å². The van der Waals surface area contributed by atoms with E-state index >= 15 is 0 Å². The van der Waals surface area contributed by atoms with Gasteiger partial charge in [-0.15, -0.1) is 0 Å². The molecule has 21 heavy (non-hydrogen) atoms. The van der Waals surface area contributed by atoms with Crippen LogP contribution in [0.4, 0.5) is 0 Å². The van der Waals surface area contributed by atoms with Crippen LogP contribution in [0.2, 0.25) is 0 Å². The van der Waals surface area contributed by atoms with Gasteiger partial charge in [0.05, 0.1) is 8.44 Å². The third kappa shape index (κ3) is 4.65. The first-order valence-electron chi connectivity index (χ1n) is 6.45. The predicted octanol–water partition coefficient (Wildman–Crippen LogP) is 3.38. The standard InChI is InChI=1S/C14H22IN3O2S/c1-13(2,3)18(14(4,5)15)12(19)10-7-6-8-11(9-10)21(16,17)20/h6-9H,1-5H3,(H3,16,17,20). The molecule has 0 radical (unpaired) electrons. The average molecular weight is 423 g/mol. The molecule has 0 aliphatic rings. The Labute approximate surface area is 140 Å². The van der Waals surface area contributed by atoms with Crippen LogP contribution in [-0.4, -0.2) is 24.1 Å². The van der Waals surface area contributed by atoms with Gasteiger partial charge in [0.2, 0.25) is 0 Å². The van der Waals surface area contributed by atoms with Gasteiger partial charge in [0.15, 0.2) is 0 Å². The number of nitrogens with two attached hydrogens (primary N) is 1. The summed E-state index contributed by atoms with van der Waals surface area (Å²) in [6.45, 7) is 9.80. The van der Waals surface area contributed by atoms with Crippen LogP contribution in [0.1, 0.15) is 45.0 Å². The van der Waals surface area contributed by atoms with E-state index in [4.69, 9.17) is 9.92 Å². The van der Waals surface area contributed by atoms with Gasteiger partial charge in [-0.25, -0.2) is 14.1 Å². The number of hydrogen-bond acceptors (Lipinski definition) is 3. The Balaban J connectivity index is 3.36. The van der Waals surface area contributed by atoms with Crippen LogP contribution in [0.25, 0.3) is 0 Å². The van der Waals surface area contributed by atoms with Gasteiger partial charge < -0.3 is 4.90 Å². The van der Waals surface area contributed by atoms with E-state index in [1.54, 1.807) is 17.0 Å². The maximum Gasteiger partial charge on any atom is 0.255 e. The highest BCUT2D eigenvalue weighted by atomic mass is 127. The summed E-state index contributed by atoms with van der Waals surface area (Å²) >= 11 is 2.22. The van der Waals surface area contributed by atoms with Crippen molar-refractivity contribution in [1.82, 2.24) is 4.90 Å². The molecule has 0 saturated carbocycles.